The van der Waals surface area contributed by atoms with Crippen LogP contribution in [0.25, 0.3) is 0 Å². The fraction of sp³-hybridized carbons (Fsp3) is 0.409. The number of rotatable bonds is 5. The molecule has 1 aromatic carbocycles. The van der Waals surface area contributed by atoms with Crippen LogP contribution in [0, 0.1) is 5.92 Å². The number of hydroxylamine groups is 1. The van der Waals surface area contributed by atoms with Gasteiger partial charge in [0.15, 0.2) is 11.5 Å². The molecule has 1 saturated heterocycles. The van der Waals surface area contributed by atoms with Crippen molar-refractivity contribution < 1.29 is 37.4 Å². The summed E-state index contributed by atoms with van der Waals surface area (Å²) in [6, 6.07) is 2.74. The number of benzene rings is 1. The predicted molar refractivity (Wildman–Crippen MR) is 114 cm³/mol. The van der Waals surface area contributed by atoms with Crippen LogP contribution in [0.5, 0.6) is 11.5 Å². The summed E-state index contributed by atoms with van der Waals surface area (Å²) >= 11 is 0. The van der Waals surface area contributed by atoms with Crippen LogP contribution in [0.1, 0.15) is 29.6 Å². The van der Waals surface area contributed by atoms with E-state index in [0.29, 0.717) is 31.1 Å². The molecule has 1 atom stereocenters. The molecule has 11 heteroatoms. The molecule has 5 rings (SSSR count). The summed E-state index contributed by atoms with van der Waals surface area (Å²) in [5.74, 6) is 1.09. The Hall–Kier alpha value is -3.02. The summed E-state index contributed by atoms with van der Waals surface area (Å²) in [6.45, 7) is 0.984. The van der Waals surface area contributed by atoms with E-state index in [0.717, 1.165) is 12.2 Å². The first kappa shape index (κ1) is 21.8. The van der Waals surface area contributed by atoms with Gasteiger partial charge in [0, 0.05) is 25.1 Å². The van der Waals surface area contributed by atoms with E-state index in [2.05, 4.69) is 12.2 Å². The monoisotopic (exact) mass is 476 g/mol. The van der Waals surface area contributed by atoms with Gasteiger partial charge in [-0.05, 0) is 43.5 Å². The fourth-order valence-electron chi connectivity index (χ4n) is 4.34. The molecule has 0 radical (unpaired) electrons. The number of amides is 1. The van der Waals surface area contributed by atoms with E-state index in [1.54, 1.807) is 0 Å². The van der Waals surface area contributed by atoms with Gasteiger partial charge < -0.3 is 18.9 Å². The quantitative estimate of drug-likeness (QED) is 0.489. The van der Waals surface area contributed by atoms with Gasteiger partial charge in [0.25, 0.3) is 5.91 Å². The van der Waals surface area contributed by atoms with Gasteiger partial charge in [0.2, 0.25) is 16.8 Å². The van der Waals surface area contributed by atoms with Gasteiger partial charge in [-0.15, -0.1) is 0 Å². The SMILES string of the molecule is O=C(NO)c1c(S(=O)(=O)N2CCC(OC3=CC4=CC(C=C3)CCO4)CC2)ccc2c1OCO2. The Labute approximate surface area is 191 Å². The van der Waals surface area contributed by atoms with Crippen molar-refractivity contribution in [3.05, 3.63) is 53.5 Å². The summed E-state index contributed by atoms with van der Waals surface area (Å²) < 4.78 is 50.4. The Bertz CT molecular complexity index is 1150. The van der Waals surface area contributed by atoms with E-state index in [-0.39, 0.29) is 47.9 Å². The molecule has 3 aliphatic heterocycles. The van der Waals surface area contributed by atoms with Gasteiger partial charge in [-0.3, -0.25) is 10.0 Å². The highest BCUT2D eigenvalue weighted by molar-refractivity contribution is 7.89. The number of carbonyl (C=O) groups excluding carboxylic acids is 1. The Morgan fingerprint density at radius 1 is 1.15 bits per heavy atom. The third-order valence-electron chi connectivity index (χ3n) is 6.04. The number of allylic oxidation sites excluding steroid dienone is 4. The standard InChI is InChI=1S/C22H24N2O8S/c25-22(23-26)20-19(4-3-18-21(20)31-13-30-18)33(27,28)24-8-5-15(6-9-24)32-16-2-1-14-7-10-29-17(11-14)12-16/h1-4,11-12,14-15,26H,5-10,13H2,(H,23,25). The lowest BCUT2D eigenvalue weighted by Gasteiger charge is -2.32. The molecule has 1 aromatic rings. The Kier molecular flexibility index (Phi) is 5.77. The number of nitrogens with one attached hydrogen (secondary N) is 1. The van der Waals surface area contributed by atoms with Gasteiger partial charge in [-0.25, -0.2) is 13.9 Å². The van der Waals surface area contributed by atoms with E-state index in [4.69, 9.17) is 24.2 Å². The predicted octanol–water partition coefficient (Wildman–Crippen LogP) is 2.08. The van der Waals surface area contributed by atoms with Crippen LogP contribution in [0.4, 0.5) is 0 Å². The summed E-state index contributed by atoms with van der Waals surface area (Å²) in [6.07, 6.45) is 9.73. The van der Waals surface area contributed by atoms with Gasteiger partial charge in [-0.2, -0.15) is 4.31 Å². The second-order valence-corrected chi connectivity index (χ2v) is 10.0. The van der Waals surface area contributed by atoms with Crippen molar-refractivity contribution in [3.63, 3.8) is 0 Å². The molecule has 1 aliphatic carbocycles. The zero-order chi connectivity index (χ0) is 23.0. The Balaban J connectivity index is 1.30. The highest BCUT2D eigenvalue weighted by atomic mass is 32.2. The molecule has 0 aromatic heterocycles. The topological polar surface area (TPSA) is 124 Å². The van der Waals surface area contributed by atoms with Crippen molar-refractivity contribution in [2.45, 2.75) is 30.3 Å². The average molecular weight is 477 g/mol. The Morgan fingerprint density at radius 3 is 2.76 bits per heavy atom. The van der Waals surface area contributed by atoms with Crippen molar-refractivity contribution >= 4 is 15.9 Å². The van der Waals surface area contributed by atoms with E-state index < -0.39 is 15.9 Å². The number of sulfonamides is 1. The highest BCUT2D eigenvalue weighted by Gasteiger charge is 2.36. The average Bonchev–Trinajstić information content (AvgIpc) is 3.26. The van der Waals surface area contributed by atoms with Gasteiger partial charge in [-0.1, -0.05) is 6.08 Å². The van der Waals surface area contributed by atoms with Crippen LogP contribution in [-0.2, 0) is 19.5 Å². The van der Waals surface area contributed by atoms with Gasteiger partial charge in [0.05, 0.1) is 11.5 Å². The number of piperidine rings is 1. The maximum absolute atomic E-state index is 13.4. The molecule has 2 N–H and O–H groups in total. The largest absolute Gasteiger partial charge is 0.494 e. The maximum Gasteiger partial charge on any atom is 0.279 e. The number of carbonyl (C=O) groups is 1. The van der Waals surface area contributed by atoms with Gasteiger partial charge in [0.1, 0.15) is 23.2 Å². The normalized spacial score (nSPS) is 22.6. The summed E-state index contributed by atoms with van der Waals surface area (Å²) in [5, 5.41) is 9.14. The molecule has 0 spiro atoms. The lowest BCUT2D eigenvalue weighted by Crippen LogP contribution is -2.41. The first-order chi connectivity index (χ1) is 16.0. The van der Waals surface area contributed by atoms with Crippen molar-refractivity contribution in [2.24, 2.45) is 5.92 Å². The Morgan fingerprint density at radius 2 is 1.97 bits per heavy atom. The highest BCUT2D eigenvalue weighted by Crippen LogP contribution is 2.40. The minimum Gasteiger partial charge on any atom is -0.494 e. The lowest BCUT2D eigenvalue weighted by molar-refractivity contribution is 0.0695. The molecule has 4 aliphatic rings. The number of fused-ring (bicyclic) bond motifs is 2. The number of hydrogen-bond donors (Lipinski definition) is 2. The molecular weight excluding hydrogens is 452 g/mol. The number of hydrogen-bond acceptors (Lipinski definition) is 8. The maximum atomic E-state index is 13.4. The lowest BCUT2D eigenvalue weighted by atomic mass is 10.0. The molecule has 1 unspecified atom stereocenters. The molecule has 2 bridgehead atoms. The molecule has 10 nitrogen and oxygen atoms in total. The fourth-order valence-corrected chi connectivity index (χ4v) is 5.99. The van der Waals surface area contributed by atoms with Gasteiger partial charge >= 0.3 is 0 Å². The minimum atomic E-state index is -4.03. The molecule has 1 fully saturated rings. The van der Waals surface area contributed by atoms with Crippen molar-refractivity contribution in [1.29, 1.82) is 0 Å². The van der Waals surface area contributed by atoms with Crippen LogP contribution < -0.4 is 15.0 Å². The number of nitrogens with zero attached hydrogens (tertiary/aromatic N) is 1. The molecular formula is C22H24N2O8S. The van der Waals surface area contributed by atoms with Crippen LogP contribution in [0.3, 0.4) is 0 Å². The summed E-state index contributed by atoms with van der Waals surface area (Å²) in [7, 11) is -4.03. The zero-order valence-corrected chi connectivity index (χ0v) is 18.5. The third kappa shape index (κ3) is 4.19. The smallest absolute Gasteiger partial charge is 0.279 e. The second kappa shape index (κ2) is 8.73. The molecule has 0 saturated carbocycles. The van der Waals surface area contributed by atoms with Crippen LogP contribution in [0.15, 0.2) is 52.9 Å². The summed E-state index contributed by atoms with van der Waals surface area (Å²) in [4.78, 5) is 12.0. The summed E-state index contributed by atoms with van der Waals surface area (Å²) in [5.41, 5.74) is 1.22. The second-order valence-electron chi connectivity index (χ2n) is 8.11. The van der Waals surface area contributed by atoms with E-state index in [9.17, 15) is 13.2 Å². The first-order valence-electron chi connectivity index (χ1n) is 10.7. The van der Waals surface area contributed by atoms with Crippen molar-refractivity contribution in [2.75, 3.05) is 26.5 Å². The van der Waals surface area contributed by atoms with Crippen LogP contribution in [-0.4, -0.2) is 56.4 Å². The van der Waals surface area contributed by atoms with Crippen molar-refractivity contribution in [1.82, 2.24) is 9.79 Å². The van der Waals surface area contributed by atoms with Crippen LogP contribution >= 0.6 is 0 Å². The van der Waals surface area contributed by atoms with E-state index in [1.165, 1.54) is 21.9 Å². The van der Waals surface area contributed by atoms with Crippen molar-refractivity contribution in [3.8, 4) is 11.5 Å². The molecule has 176 valence electrons. The zero-order valence-electron chi connectivity index (χ0n) is 17.7. The third-order valence-corrected chi connectivity index (χ3v) is 7.98. The molecule has 3 heterocycles. The molecule has 33 heavy (non-hydrogen) atoms. The number of ether oxygens (including phenoxy) is 4. The van der Waals surface area contributed by atoms with E-state index >= 15 is 0 Å². The molecule has 1 amide bonds. The van der Waals surface area contributed by atoms with E-state index in [1.807, 2.05) is 12.2 Å². The minimum absolute atomic E-state index is 0.00493. The first-order valence-corrected chi connectivity index (χ1v) is 12.2. The van der Waals surface area contributed by atoms with Crippen LogP contribution in [0.2, 0.25) is 0 Å².